The average molecular weight is 513 g/mol. The number of rotatable bonds is 7. The normalized spacial score (nSPS) is 14.6. The summed E-state index contributed by atoms with van der Waals surface area (Å²) in [6.45, 7) is 2.73. The zero-order valence-corrected chi connectivity index (χ0v) is 19.9. The number of nitrogens with zero attached hydrogens (tertiary/aromatic N) is 1. The Morgan fingerprint density at radius 1 is 0.838 bits per heavy atom. The number of nitrogens with one attached hydrogen (secondary N) is 3. The van der Waals surface area contributed by atoms with E-state index >= 15 is 0 Å². The lowest BCUT2D eigenvalue weighted by molar-refractivity contribution is -0.274. The molecule has 3 aromatic carbocycles. The van der Waals surface area contributed by atoms with Crippen LogP contribution < -0.4 is 20.7 Å². The lowest BCUT2D eigenvalue weighted by Crippen LogP contribution is -2.44. The molecule has 4 rings (SSSR count). The molecule has 3 amide bonds. The summed E-state index contributed by atoms with van der Waals surface area (Å²) in [6, 6.07) is 21.1. The molecule has 3 aromatic rings. The van der Waals surface area contributed by atoms with Gasteiger partial charge in [-0.25, -0.2) is 4.79 Å². The maximum absolute atomic E-state index is 12.7. The molecule has 0 bridgehead atoms. The van der Waals surface area contributed by atoms with Gasteiger partial charge >= 0.3 is 12.4 Å². The van der Waals surface area contributed by atoms with Gasteiger partial charge in [-0.2, -0.15) is 0 Å². The Balaban J connectivity index is 1.21. The van der Waals surface area contributed by atoms with Crippen LogP contribution in [0.2, 0.25) is 0 Å². The molecule has 1 aliphatic heterocycles. The second kappa shape index (κ2) is 11.8. The van der Waals surface area contributed by atoms with Gasteiger partial charge in [-0.3, -0.25) is 9.69 Å². The number of carbonyl (C=O) groups excluding carboxylic acids is 2. The first-order valence-corrected chi connectivity index (χ1v) is 11.8. The summed E-state index contributed by atoms with van der Waals surface area (Å²) in [5, 5.41) is 8.22. The van der Waals surface area contributed by atoms with Gasteiger partial charge in [0.25, 0.3) is 5.91 Å². The number of ether oxygens (including phenoxy) is 1. The van der Waals surface area contributed by atoms with E-state index in [2.05, 4.69) is 37.7 Å². The van der Waals surface area contributed by atoms with Crippen molar-refractivity contribution in [3.05, 3.63) is 90.0 Å². The van der Waals surface area contributed by atoms with Crippen LogP contribution in [0.25, 0.3) is 0 Å². The van der Waals surface area contributed by atoms with Gasteiger partial charge in [-0.15, -0.1) is 13.2 Å². The number of amides is 3. The Kier molecular flexibility index (Phi) is 8.29. The first kappa shape index (κ1) is 26.0. The minimum absolute atomic E-state index is 0.107. The number of halogens is 3. The Morgan fingerprint density at radius 2 is 1.41 bits per heavy atom. The second-order valence-corrected chi connectivity index (χ2v) is 8.74. The van der Waals surface area contributed by atoms with Crippen LogP contribution in [0.3, 0.4) is 0 Å². The number of hydrogen-bond acceptors (Lipinski definition) is 4. The summed E-state index contributed by atoms with van der Waals surface area (Å²) in [5.74, 6) is -0.552. The number of piperidine rings is 1. The zero-order chi connectivity index (χ0) is 26.3. The molecular formula is C27H27F3N4O3. The van der Waals surface area contributed by atoms with Gasteiger partial charge in [-0.1, -0.05) is 30.3 Å². The Morgan fingerprint density at radius 3 is 1.97 bits per heavy atom. The number of likely N-dealkylation sites (tertiary alicyclic amines) is 1. The summed E-state index contributed by atoms with van der Waals surface area (Å²) in [5.41, 5.74) is 2.51. The summed E-state index contributed by atoms with van der Waals surface area (Å²) in [6.07, 6.45) is -3.03. The van der Waals surface area contributed by atoms with E-state index < -0.39 is 12.4 Å². The highest BCUT2D eigenvalue weighted by molar-refractivity contribution is 6.00. The lowest BCUT2D eigenvalue weighted by Gasteiger charge is -2.32. The molecule has 7 nitrogen and oxygen atoms in total. The molecule has 194 valence electrons. The van der Waals surface area contributed by atoms with Crippen molar-refractivity contribution in [1.82, 2.24) is 10.2 Å². The summed E-state index contributed by atoms with van der Waals surface area (Å²) in [4.78, 5) is 27.3. The van der Waals surface area contributed by atoms with Gasteiger partial charge in [-0.05, 0) is 66.9 Å². The third kappa shape index (κ3) is 8.25. The van der Waals surface area contributed by atoms with Gasteiger partial charge in [0.2, 0.25) is 0 Å². The fourth-order valence-corrected chi connectivity index (χ4v) is 4.08. The number of alkyl halides is 3. The van der Waals surface area contributed by atoms with E-state index in [9.17, 15) is 22.8 Å². The standard InChI is InChI=1S/C27H27F3N4O3/c28-27(29,30)37-24-12-10-22(11-13-24)33-26(36)32-21-8-6-20(7-9-21)25(35)31-23-14-16-34(17-15-23)18-19-4-2-1-3-5-19/h1-13,23H,14-18H2,(H,31,35)(H2,32,33,36). The lowest BCUT2D eigenvalue weighted by atomic mass is 10.0. The molecule has 1 saturated heterocycles. The van der Waals surface area contributed by atoms with Crippen LogP contribution in [0.1, 0.15) is 28.8 Å². The monoisotopic (exact) mass is 512 g/mol. The van der Waals surface area contributed by atoms with Gasteiger partial charge in [0, 0.05) is 42.6 Å². The van der Waals surface area contributed by atoms with Crippen LogP contribution in [-0.4, -0.2) is 42.3 Å². The number of anilines is 2. The van der Waals surface area contributed by atoms with Crippen molar-refractivity contribution in [2.24, 2.45) is 0 Å². The largest absolute Gasteiger partial charge is 0.573 e. The summed E-state index contributed by atoms with van der Waals surface area (Å²) in [7, 11) is 0. The van der Waals surface area contributed by atoms with E-state index in [-0.39, 0.29) is 23.4 Å². The quantitative estimate of drug-likeness (QED) is 0.384. The van der Waals surface area contributed by atoms with E-state index in [4.69, 9.17) is 0 Å². The molecule has 0 unspecified atom stereocenters. The Labute approximate surface area is 212 Å². The Bertz CT molecular complexity index is 1180. The molecule has 1 aliphatic rings. The van der Waals surface area contributed by atoms with Gasteiger partial charge in [0.1, 0.15) is 5.75 Å². The first-order valence-electron chi connectivity index (χ1n) is 11.8. The number of carbonyl (C=O) groups is 2. The van der Waals surface area contributed by atoms with Crippen molar-refractivity contribution in [3.8, 4) is 5.75 Å². The molecule has 0 atom stereocenters. The first-order chi connectivity index (χ1) is 17.7. The zero-order valence-electron chi connectivity index (χ0n) is 19.9. The molecule has 0 aromatic heterocycles. The van der Waals surface area contributed by atoms with Crippen molar-refractivity contribution in [3.63, 3.8) is 0 Å². The van der Waals surface area contributed by atoms with Crippen LogP contribution >= 0.6 is 0 Å². The SMILES string of the molecule is O=C(Nc1ccc(OC(F)(F)F)cc1)Nc1ccc(C(=O)NC2CCN(Cc3ccccc3)CC2)cc1. The summed E-state index contributed by atoms with van der Waals surface area (Å²) >= 11 is 0. The molecule has 0 saturated carbocycles. The minimum atomic E-state index is -4.78. The fourth-order valence-electron chi connectivity index (χ4n) is 4.08. The van der Waals surface area contributed by atoms with E-state index in [1.54, 1.807) is 24.3 Å². The van der Waals surface area contributed by atoms with Crippen molar-refractivity contribution in [2.75, 3.05) is 23.7 Å². The maximum Gasteiger partial charge on any atom is 0.573 e. The topological polar surface area (TPSA) is 82.7 Å². The van der Waals surface area contributed by atoms with Crippen LogP contribution in [0.15, 0.2) is 78.9 Å². The van der Waals surface area contributed by atoms with Crippen molar-refractivity contribution in [1.29, 1.82) is 0 Å². The van der Waals surface area contributed by atoms with Crippen molar-refractivity contribution < 1.29 is 27.5 Å². The third-order valence-electron chi connectivity index (χ3n) is 5.92. The number of benzene rings is 3. The van der Waals surface area contributed by atoms with E-state index in [0.717, 1.165) is 44.6 Å². The van der Waals surface area contributed by atoms with Crippen LogP contribution in [0, 0.1) is 0 Å². The van der Waals surface area contributed by atoms with E-state index in [1.807, 2.05) is 18.2 Å². The van der Waals surface area contributed by atoms with E-state index in [0.29, 0.717) is 11.3 Å². The molecule has 3 N–H and O–H groups in total. The molecule has 1 heterocycles. The van der Waals surface area contributed by atoms with Crippen LogP contribution in [0.5, 0.6) is 5.75 Å². The van der Waals surface area contributed by atoms with Crippen LogP contribution in [0.4, 0.5) is 29.3 Å². The smallest absolute Gasteiger partial charge is 0.406 e. The predicted octanol–water partition coefficient (Wildman–Crippen LogP) is 5.62. The van der Waals surface area contributed by atoms with Gasteiger partial charge in [0.15, 0.2) is 0 Å². The molecule has 10 heteroatoms. The molecule has 0 aliphatic carbocycles. The highest BCUT2D eigenvalue weighted by Gasteiger charge is 2.31. The van der Waals surface area contributed by atoms with Crippen molar-refractivity contribution >= 4 is 23.3 Å². The second-order valence-electron chi connectivity index (χ2n) is 8.74. The molecule has 37 heavy (non-hydrogen) atoms. The van der Waals surface area contributed by atoms with Gasteiger partial charge in [0.05, 0.1) is 0 Å². The predicted molar refractivity (Wildman–Crippen MR) is 134 cm³/mol. The Hall–Kier alpha value is -4.05. The third-order valence-corrected chi connectivity index (χ3v) is 5.92. The fraction of sp³-hybridized carbons (Fsp3) is 0.259. The van der Waals surface area contributed by atoms with Crippen molar-refractivity contribution in [2.45, 2.75) is 31.8 Å². The molecule has 0 spiro atoms. The van der Waals surface area contributed by atoms with Crippen LogP contribution in [-0.2, 0) is 6.54 Å². The highest BCUT2D eigenvalue weighted by Crippen LogP contribution is 2.24. The molecule has 0 radical (unpaired) electrons. The van der Waals surface area contributed by atoms with Gasteiger partial charge < -0.3 is 20.7 Å². The minimum Gasteiger partial charge on any atom is -0.406 e. The number of hydrogen-bond donors (Lipinski definition) is 3. The average Bonchev–Trinajstić information content (AvgIpc) is 2.86. The molecule has 1 fully saturated rings. The maximum atomic E-state index is 12.7. The number of urea groups is 1. The van der Waals surface area contributed by atoms with E-state index in [1.165, 1.54) is 17.7 Å². The summed E-state index contributed by atoms with van der Waals surface area (Å²) < 4.78 is 40.5. The highest BCUT2D eigenvalue weighted by atomic mass is 19.4. The molecular weight excluding hydrogens is 485 g/mol.